The van der Waals surface area contributed by atoms with Gasteiger partial charge in [-0.25, -0.2) is 0 Å². The molecule has 0 bridgehead atoms. The van der Waals surface area contributed by atoms with Crippen LogP contribution in [0.1, 0.15) is 31.9 Å². The van der Waals surface area contributed by atoms with Gasteiger partial charge in [0, 0.05) is 27.8 Å². The Balaban J connectivity index is 2.06. The molecule has 1 unspecified atom stereocenters. The highest BCUT2D eigenvalue weighted by molar-refractivity contribution is 9.10. The Morgan fingerprint density at radius 2 is 1.79 bits per heavy atom. The van der Waals surface area contributed by atoms with Gasteiger partial charge in [0.25, 0.3) is 0 Å². The third kappa shape index (κ3) is 8.03. The van der Waals surface area contributed by atoms with Crippen molar-refractivity contribution in [1.82, 2.24) is 10.2 Å². The number of rotatable bonds is 9. The topological polar surface area (TPSA) is 49.4 Å². The summed E-state index contributed by atoms with van der Waals surface area (Å²) in [6.07, 6.45) is 0. The van der Waals surface area contributed by atoms with Gasteiger partial charge in [0.05, 0.1) is 5.75 Å². The lowest BCUT2D eigenvalue weighted by atomic mass is 10.1. The zero-order chi connectivity index (χ0) is 21.4. The number of amides is 2. The zero-order valence-electron chi connectivity index (χ0n) is 16.8. The van der Waals surface area contributed by atoms with Crippen molar-refractivity contribution in [3.05, 3.63) is 69.2 Å². The molecule has 0 aliphatic rings. The van der Waals surface area contributed by atoms with Crippen LogP contribution in [-0.2, 0) is 21.9 Å². The fourth-order valence-corrected chi connectivity index (χ4v) is 4.09. The van der Waals surface area contributed by atoms with Gasteiger partial charge in [-0.15, -0.1) is 11.8 Å². The van der Waals surface area contributed by atoms with Crippen molar-refractivity contribution >= 4 is 51.1 Å². The predicted molar refractivity (Wildman–Crippen MR) is 125 cm³/mol. The lowest BCUT2D eigenvalue weighted by Crippen LogP contribution is -2.49. The molecule has 29 heavy (non-hydrogen) atoms. The van der Waals surface area contributed by atoms with Crippen LogP contribution in [0.3, 0.4) is 0 Å². The molecule has 2 aromatic rings. The first-order valence-electron chi connectivity index (χ1n) is 9.42. The number of hydrogen-bond donors (Lipinski definition) is 1. The summed E-state index contributed by atoms with van der Waals surface area (Å²) in [5, 5.41) is 3.50. The van der Waals surface area contributed by atoms with Crippen molar-refractivity contribution in [3.8, 4) is 0 Å². The van der Waals surface area contributed by atoms with Crippen LogP contribution in [0, 0.1) is 0 Å². The van der Waals surface area contributed by atoms with Gasteiger partial charge in [-0.1, -0.05) is 51.8 Å². The second kappa shape index (κ2) is 11.6. The number of benzene rings is 2. The molecule has 2 rings (SSSR count). The number of nitrogens with one attached hydrogen (secondary N) is 1. The van der Waals surface area contributed by atoms with E-state index in [0.717, 1.165) is 21.4 Å². The third-order valence-electron chi connectivity index (χ3n) is 4.25. The van der Waals surface area contributed by atoms with Crippen molar-refractivity contribution in [3.63, 3.8) is 0 Å². The zero-order valence-corrected chi connectivity index (χ0v) is 20.0. The minimum Gasteiger partial charge on any atom is -0.352 e. The van der Waals surface area contributed by atoms with Crippen molar-refractivity contribution in [1.29, 1.82) is 0 Å². The van der Waals surface area contributed by atoms with E-state index < -0.39 is 6.04 Å². The Hall–Kier alpha value is -1.50. The van der Waals surface area contributed by atoms with Crippen LogP contribution in [0.25, 0.3) is 0 Å². The number of carbonyl (C=O) groups is 2. The standard InChI is InChI=1S/C22H26BrClN2O2S/c1-15(2)25-22(28)16(3)26(12-18-5-4-6-20(24)11-18)21(27)14-29-13-17-7-9-19(23)10-8-17/h4-11,15-16H,12-14H2,1-3H3,(H,25,28). The second-order valence-electron chi connectivity index (χ2n) is 7.11. The van der Waals surface area contributed by atoms with Crippen LogP contribution in [0.15, 0.2) is 53.0 Å². The number of halogens is 2. The number of nitrogens with zero attached hydrogens (tertiary/aromatic N) is 1. The van der Waals surface area contributed by atoms with Crippen LogP contribution in [0.5, 0.6) is 0 Å². The Labute approximate surface area is 190 Å². The average molecular weight is 498 g/mol. The molecule has 0 radical (unpaired) electrons. The van der Waals surface area contributed by atoms with Gasteiger partial charge in [0.2, 0.25) is 11.8 Å². The maximum Gasteiger partial charge on any atom is 0.242 e. The molecule has 0 saturated carbocycles. The summed E-state index contributed by atoms with van der Waals surface area (Å²) in [6.45, 7) is 5.91. The van der Waals surface area contributed by atoms with Crippen molar-refractivity contribution in [2.24, 2.45) is 0 Å². The van der Waals surface area contributed by atoms with E-state index in [9.17, 15) is 9.59 Å². The lowest BCUT2D eigenvalue weighted by molar-refractivity contribution is -0.138. The minimum atomic E-state index is -0.572. The summed E-state index contributed by atoms with van der Waals surface area (Å²) in [4.78, 5) is 27.2. The Morgan fingerprint density at radius 3 is 2.41 bits per heavy atom. The molecule has 1 atom stereocenters. The summed E-state index contributed by atoms with van der Waals surface area (Å²) in [6, 6.07) is 14.9. The number of carbonyl (C=O) groups excluding carboxylic acids is 2. The Morgan fingerprint density at radius 1 is 1.10 bits per heavy atom. The first-order chi connectivity index (χ1) is 13.8. The van der Waals surface area contributed by atoms with Crippen molar-refractivity contribution < 1.29 is 9.59 Å². The third-order valence-corrected chi connectivity index (χ3v) is 6.00. The van der Waals surface area contributed by atoms with E-state index in [4.69, 9.17) is 11.6 Å². The molecule has 0 saturated heterocycles. The normalized spacial score (nSPS) is 11.9. The fourth-order valence-electron chi connectivity index (χ4n) is 2.74. The van der Waals surface area contributed by atoms with Gasteiger partial charge in [0.15, 0.2) is 0 Å². The largest absolute Gasteiger partial charge is 0.352 e. The molecule has 0 fully saturated rings. The molecule has 156 valence electrons. The Bertz CT molecular complexity index is 830. The van der Waals surface area contributed by atoms with Crippen LogP contribution in [0.4, 0.5) is 0 Å². The van der Waals surface area contributed by atoms with Crippen molar-refractivity contribution in [2.75, 3.05) is 5.75 Å². The summed E-state index contributed by atoms with van der Waals surface area (Å²) >= 11 is 11.1. The maximum atomic E-state index is 13.0. The van der Waals surface area contributed by atoms with E-state index in [2.05, 4.69) is 21.2 Å². The molecule has 2 amide bonds. The molecule has 1 N–H and O–H groups in total. The van der Waals surface area contributed by atoms with E-state index in [-0.39, 0.29) is 17.9 Å². The maximum absolute atomic E-state index is 13.0. The highest BCUT2D eigenvalue weighted by atomic mass is 79.9. The van der Waals surface area contributed by atoms with Gasteiger partial charge in [0.1, 0.15) is 6.04 Å². The first kappa shape index (κ1) is 23.8. The van der Waals surface area contributed by atoms with Crippen LogP contribution < -0.4 is 5.32 Å². The van der Waals surface area contributed by atoms with E-state index >= 15 is 0 Å². The SMILES string of the molecule is CC(C)NC(=O)C(C)N(Cc1cccc(Cl)c1)C(=O)CSCc1ccc(Br)cc1. The molecule has 4 nitrogen and oxygen atoms in total. The van der Waals surface area contributed by atoms with E-state index in [1.807, 2.05) is 56.3 Å². The molecule has 0 aliphatic carbocycles. The predicted octanol–water partition coefficient (Wildman–Crippen LogP) is 5.28. The first-order valence-corrected chi connectivity index (χ1v) is 11.8. The Kier molecular flexibility index (Phi) is 9.53. The monoisotopic (exact) mass is 496 g/mol. The highest BCUT2D eigenvalue weighted by Crippen LogP contribution is 2.19. The summed E-state index contributed by atoms with van der Waals surface area (Å²) in [5.41, 5.74) is 2.05. The van der Waals surface area contributed by atoms with Crippen molar-refractivity contribution in [2.45, 2.75) is 45.2 Å². The van der Waals surface area contributed by atoms with E-state index in [1.54, 1.807) is 29.7 Å². The highest BCUT2D eigenvalue weighted by Gasteiger charge is 2.26. The fraction of sp³-hybridized carbons (Fsp3) is 0.364. The van der Waals surface area contributed by atoms with Gasteiger partial charge >= 0.3 is 0 Å². The lowest BCUT2D eigenvalue weighted by Gasteiger charge is -2.29. The van der Waals surface area contributed by atoms with E-state index in [1.165, 1.54) is 0 Å². The summed E-state index contributed by atoms with van der Waals surface area (Å²) < 4.78 is 1.03. The van der Waals surface area contributed by atoms with Gasteiger partial charge in [-0.05, 0) is 56.2 Å². The number of hydrogen-bond acceptors (Lipinski definition) is 3. The second-order valence-corrected chi connectivity index (χ2v) is 9.45. The van der Waals surface area contributed by atoms with Gasteiger partial charge in [-0.3, -0.25) is 9.59 Å². The smallest absolute Gasteiger partial charge is 0.242 e. The van der Waals surface area contributed by atoms with Gasteiger partial charge in [-0.2, -0.15) is 0 Å². The summed E-state index contributed by atoms with van der Waals surface area (Å²) in [7, 11) is 0. The molecule has 7 heteroatoms. The van der Waals surface area contributed by atoms with Crippen LogP contribution in [-0.4, -0.2) is 34.6 Å². The molecule has 0 aliphatic heterocycles. The molecule has 0 spiro atoms. The minimum absolute atomic E-state index is 0.0138. The molecular formula is C22H26BrClN2O2S. The number of thioether (sulfide) groups is 1. The molecule has 0 aromatic heterocycles. The molecule has 2 aromatic carbocycles. The van der Waals surface area contributed by atoms with Gasteiger partial charge < -0.3 is 10.2 Å². The summed E-state index contributed by atoms with van der Waals surface area (Å²) in [5.74, 6) is 0.804. The molecule has 0 heterocycles. The average Bonchev–Trinajstić information content (AvgIpc) is 2.66. The van der Waals surface area contributed by atoms with Crippen LogP contribution >= 0.6 is 39.3 Å². The molecular weight excluding hydrogens is 472 g/mol. The van der Waals surface area contributed by atoms with E-state index in [0.29, 0.717) is 17.3 Å². The van der Waals surface area contributed by atoms with Crippen LogP contribution in [0.2, 0.25) is 5.02 Å². The quantitative estimate of drug-likeness (QED) is 0.513.